The first-order valence-electron chi connectivity index (χ1n) is 8.41. The number of Topliss-reactive ketones (excluding diaryl/α,β-unsaturated/α-hetero) is 1. The van der Waals surface area contributed by atoms with Gasteiger partial charge in [-0.05, 0) is 40.3 Å². The van der Waals surface area contributed by atoms with Gasteiger partial charge in [-0.3, -0.25) is 4.79 Å². The first-order chi connectivity index (χ1) is 11.3. The maximum atomic E-state index is 12.9. The molecule has 23 heavy (non-hydrogen) atoms. The van der Waals surface area contributed by atoms with Crippen molar-refractivity contribution < 1.29 is 4.79 Å². The predicted molar refractivity (Wildman–Crippen MR) is 95.2 cm³/mol. The highest BCUT2D eigenvalue weighted by molar-refractivity contribution is 6.07. The fraction of sp³-hybridized carbons (Fsp3) is 0.227. The summed E-state index contributed by atoms with van der Waals surface area (Å²) in [5.41, 5.74) is 4.63. The predicted octanol–water partition coefficient (Wildman–Crippen LogP) is 5.31. The van der Waals surface area contributed by atoms with Crippen LogP contribution in [0.1, 0.15) is 46.3 Å². The molecule has 0 heterocycles. The van der Waals surface area contributed by atoms with Crippen LogP contribution in [0.2, 0.25) is 0 Å². The molecule has 1 atom stereocenters. The SMILES string of the molecule is CCCc1cc(C2Cc3ccccc3C2=O)c2ccccc2c1. The monoisotopic (exact) mass is 300 g/mol. The molecule has 1 aliphatic rings. The summed E-state index contributed by atoms with van der Waals surface area (Å²) in [7, 11) is 0. The van der Waals surface area contributed by atoms with E-state index in [2.05, 4.69) is 49.4 Å². The zero-order valence-corrected chi connectivity index (χ0v) is 13.4. The van der Waals surface area contributed by atoms with Gasteiger partial charge in [-0.15, -0.1) is 0 Å². The molecule has 0 aliphatic heterocycles. The number of hydrogen-bond donors (Lipinski definition) is 0. The Labute approximate surface area is 137 Å². The first-order valence-corrected chi connectivity index (χ1v) is 8.41. The number of rotatable bonds is 3. The van der Waals surface area contributed by atoms with Gasteiger partial charge in [0.1, 0.15) is 0 Å². The summed E-state index contributed by atoms with van der Waals surface area (Å²) in [6.07, 6.45) is 3.01. The van der Waals surface area contributed by atoms with Crippen LogP contribution in [0.5, 0.6) is 0 Å². The van der Waals surface area contributed by atoms with Crippen LogP contribution in [0.15, 0.2) is 60.7 Å². The summed E-state index contributed by atoms with van der Waals surface area (Å²) in [6, 6.07) is 21.0. The van der Waals surface area contributed by atoms with Crippen LogP contribution in [0.25, 0.3) is 10.8 Å². The smallest absolute Gasteiger partial charge is 0.170 e. The largest absolute Gasteiger partial charge is 0.293 e. The molecule has 3 aromatic rings. The zero-order valence-electron chi connectivity index (χ0n) is 13.4. The summed E-state index contributed by atoms with van der Waals surface area (Å²) in [5, 5.41) is 2.47. The van der Waals surface area contributed by atoms with Crippen molar-refractivity contribution in [2.45, 2.75) is 32.1 Å². The van der Waals surface area contributed by atoms with Gasteiger partial charge in [-0.1, -0.05) is 74.0 Å². The van der Waals surface area contributed by atoms with Crippen LogP contribution in [-0.4, -0.2) is 5.78 Å². The van der Waals surface area contributed by atoms with Crippen LogP contribution in [0.4, 0.5) is 0 Å². The molecule has 3 aromatic carbocycles. The molecule has 1 aliphatic carbocycles. The lowest BCUT2D eigenvalue weighted by molar-refractivity contribution is 0.0973. The number of carbonyl (C=O) groups excluding carboxylic acids is 1. The zero-order chi connectivity index (χ0) is 15.8. The number of carbonyl (C=O) groups is 1. The molecule has 0 aromatic heterocycles. The van der Waals surface area contributed by atoms with Crippen molar-refractivity contribution in [2.24, 2.45) is 0 Å². The Hall–Kier alpha value is -2.41. The van der Waals surface area contributed by atoms with Crippen molar-refractivity contribution >= 4 is 16.6 Å². The minimum Gasteiger partial charge on any atom is -0.293 e. The molecular formula is C22H20O. The third-order valence-electron chi connectivity index (χ3n) is 4.89. The third-order valence-corrected chi connectivity index (χ3v) is 4.89. The molecule has 0 bridgehead atoms. The second-order valence-electron chi connectivity index (χ2n) is 6.43. The Morgan fingerprint density at radius 1 is 1.00 bits per heavy atom. The van der Waals surface area contributed by atoms with Crippen molar-refractivity contribution in [3.63, 3.8) is 0 Å². The van der Waals surface area contributed by atoms with Crippen LogP contribution in [-0.2, 0) is 12.8 Å². The second-order valence-corrected chi connectivity index (χ2v) is 6.43. The minimum atomic E-state index is -0.0332. The standard InChI is InChI=1S/C22H20O/c1-2-7-15-12-16-8-3-5-10-18(16)20(13-15)21-14-17-9-4-6-11-19(17)22(21)23/h3-6,8-13,21H,2,7,14H2,1H3. The van der Waals surface area contributed by atoms with E-state index in [4.69, 9.17) is 0 Å². The molecule has 0 N–H and O–H groups in total. The molecule has 1 nitrogen and oxygen atoms in total. The summed E-state index contributed by atoms with van der Waals surface area (Å²) >= 11 is 0. The molecule has 0 spiro atoms. The first kappa shape index (κ1) is 14.2. The average Bonchev–Trinajstić information content (AvgIpc) is 2.92. The van der Waals surface area contributed by atoms with Gasteiger partial charge in [-0.25, -0.2) is 0 Å². The van der Waals surface area contributed by atoms with E-state index in [1.165, 1.54) is 27.5 Å². The van der Waals surface area contributed by atoms with E-state index >= 15 is 0 Å². The summed E-state index contributed by atoms with van der Waals surface area (Å²) in [4.78, 5) is 12.9. The Morgan fingerprint density at radius 2 is 1.78 bits per heavy atom. The van der Waals surface area contributed by atoms with Gasteiger partial charge in [0.05, 0.1) is 5.92 Å². The fourth-order valence-electron chi connectivity index (χ4n) is 3.82. The lowest BCUT2D eigenvalue weighted by atomic mass is 9.88. The van der Waals surface area contributed by atoms with Crippen molar-refractivity contribution in [3.05, 3.63) is 82.9 Å². The molecule has 0 saturated carbocycles. The van der Waals surface area contributed by atoms with E-state index in [0.29, 0.717) is 0 Å². The number of aryl methyl sites for hydroxylation is 1. The molecule has 0 amide bonds. The maximum Gasteiger partial charge on any atom is 0.170 e. The number of hydrogen-bond acceptors (Lipinski definition) is 1. The number of ketones is 1. The van der Waals surface area contributed by atoms with Crippen molar-refractivity contribution in [1.82, 2.24) is 0 Å². The summed E-state index contributed by atoms with van der Waals surface area (Å²) in [5.74, 6) is 0.244. The molecule has 0 radical (unpaired) electrons. The van der Waals surface area contributed by atoms with Gasteiger partial charge in [0.15, 0.2) is 5.78 Å². The number of benzene rings is 3. The third kappa shape index (κ3) is 2.37. The lowest BCUT2D eigenvalue weighted by Crippen LogP contribution is -2.08. The van der Waals surface area contributed by atoms with Gasteiger partial charge in [0.2, 0.25) is 0 Å². The van der Waals surface area contributed by atoms with E-state index in [1.807, 2.05) is 18.2 Å². The second kappa shape index (κ2) is 5.66. The lowest BCUT2D eigenvalue weighted by Gasteiger charge is -2.15. The topological polar surface area (TPSA) is 17.1 Å². The van der Waals surface area contributed by atoms with Crippen molar-refractivity contribution in [3.8, 4) is 0 Å². The highest BCUT2D eigenvalue weighted by Crippen LogP contribution is 2.37. The molecule has 1 heteroatoms. The summed E-state index contributed by atoms with van der Waals surface area (Å²) < 4.78 is 0. The molecule has 1 unspecified atom stereocenters. The van der Waals surface area contributed by atoms with Gasteiger partial charge in [0, 0.05) is 5.56 Å². The fourth-order valence-corrected chi connectivity index (χ4v) is 3.82. The Bertz CT molecular complexity index is 891. The van der Waals surface area contributed by atoms with Crippen LogP contribution >= 0.6 is 0 Å². The number of fused-ring (bicyclic) bond motifs is 2. The van der Waals surface area contributed by atoms with Gasteiger partial charge in [0.25, 0.3) is 0 Å². The Kier molecular flexibility index (Phi) is 3.49. The normalized spacial score (nSPS) is 16.7. The Morgan fingerprint density at radius 3 is 2.61 bits per heavy atom. The highest BCUT2D eigenvalue weighted by atomic mass is 16.1. The molecule has 4 rings (SSSR count). The van der Waals surface area contributed by atoms with Crippen LogP contribution in [0, 0.1) is 0 Å². The minimum absolute atomic E-state index is 0.0332. The van der Waals surface area contributed by atoms with Crippen molar-refractivity contribution in [1.29, 1.82) is 0 Å². The molecule has 0 saturated heterocycles. The van der Waals surface area contributed by atoms with E-state index in [0.717, 1.165) is 24.8 Å². The van der Waals surface area contributed by atoms with E-state index in [-0.39, 0.29) is 11.7 Å². The van der Waals surface area contributed by atoms with Crippen LogP contribution in [0.3, 0.4) is 0 Å². The Balaban J connectivity index is 1.87. The summed E-state index contributed by atoms with van der Waals surface area (Å²) in [6.45, 7) is 2.20. The molecule has 114 valence electrons. The highest BCUT2D eigenvalue weighted by Gasteiger charge is 2.32. The van der Waals surface area contributed by atoms with Gasteiger partial charge < -0.3 is 0 Å². The average molecular weight is 300 g/mol. The van der Waals surface area contributed by atoms with Gasteiger partial charge >= 0.3 is 0 Å². The van der Waals surface area contributed by atoms with E-state index in [9.17, 15) is 4.79 Å². The van der Waals surface area contributed by atoms with Gasteiger partial charge in [-0.2, -0.15) is 0 Å². The van der Waals surface area contributed by atoms with E-state index < -0.39 is 0 Å². The maximum absolute atomic E-state index is 12.9. The molecular weight excluding hydrogens is 280 g/mol. The van der Waals surface area contributed by atoms with Crippen LogP contribution < -0.4 is 0 Å². The quantitative estimate of drug-likeness (QED) is 0.640. The van der Waals surface area contributed by atoms with Crippen molar-refractivity contribution in [2.75, 3.05) is 0 Å². The van der Waals surface area contributed by atoms with E-state index in [1.54, 1.807) is 0 Å². The molecule has 0 fully saturated rings.